The summed E-state index contributed by atoms with van der Waals surface area (Å²) < 4.78 is 4.83. The maximum Gasteiger partial charge on any atom is 0.310 e. The first-order chi connectivity index (χ1) is 22.6. The topological polar surface area (TPSA) is 102 Å². The third-order valence-corrected chi connectivity index (χ3v) is 9.59. The smallest absolute Gasteiger partial charge is 0.310 e. The highest BCUT2D eigenvalue weighted by Gasteiger charge is 2.46. The standard InChI is InChI=1S/C39H36N4O3S/c1-24-19-26(3)42-27(4)36(24)33-21-30(20-28-9-5-7-11-31(28)33)39(15-16-39)22-34(44)32-12-8-6-10-29(32)23-41-37(45)38(46)43-25(2)13-14-35-40-17-18-47-35/h5-12,17-18,20-21,25H,15-16,19,22-23H2,1-4H3,(H-,41,43,45,46)/p+1/t25-/m0/s1. The monoisotopic (exact) mass is 641 g/mol. The number of carbonyl (C=O) groups excluding carboxylic acids is 3. The summed E-state index contributed by atoms with van der Waals surface area (Å²) >= 11 is 1.40. The predicted octanol–water partition coefficient (Wildman–Crippen LogP) is 5.94. The third-order valence-electron chi connectivity index (χ3n) is 8.90. The van der Waals surface area contributed by atoms with Crippen molar-refractivity contribution in [1.82, 2.24) is 20.3 Å². The molecule has 47 heavy (non-hydrogen) atoms. The molecule has 1 aliphatic heterocycles. The number of hydrogen-bond donors (Lipinski definition) is 2. The summed E-state index contributed by atoms with van der Waals surface area (Å²) in [6.07, 6.45) is 4.73. The van der Waals surface area contributed by atoms with E-state index in [0.29, 0.717) is 22.6 Å². The van der Waals surface area contributed by atoms with Crippen LogP contribution < -0.4 is 15.3 Å². The van der Waals surface area contributed by atoms with Crippen LogP contribution in [0.2, 0.25) is 0 Å². The van der Waals surface area contributed by atoms with E-state index in [1.165, 1.54) is 39.0 Å². The van der Waals surface area contributed by atoms with Gasteiger partial charge in [-0.25, -0.2) is 4.98 Å². The van der Waals surface area contributed by atoms with E-state index in [1.54, 1.807) is 19.2 Å². The van der Waals surface area contributed by atoms with Crippen molar-refractivity contribution in [2.75, 3.05) is 0 Å². The molecule has 2 heterocycles. The molecule has 1 atom stereocenters. The highest BCUT2D eigenvalue weighted by atomic mass is 32.1. The molecular weight excluding hydrogens is 605 g/mol. The molecule has 4 aromatic rings. The number of thiazole rings is 1. The lowest BCUT2D eigenvalue weighted by molar-refractivity contribution is -0.139. The molecule has 0 saturated heterocycles. The molecule has 8 heteroatoms. The summed E-state index contributed by atoms with van der Waals surface area (Å²) in [5, 5.41) is 10.1. The van der Waals surface area contributed by atoms with Crippen LogP contribution in [0.4, 0.5) is 0 Å². The number of ketones is 1. The lowest BCUT2D eigenvalue weighted by atomic mass is 9.82. The second-order valence-corrected chi connectivity index (χ2v) is 13.4. The quantitative estimate of drug-likeness (QED) is 0.108. The molecule has 0 bridgehead atoms. The summed E-state index contributed by atoms with van der Waals surface area (Å²) in [7, 11) is 0. The molecule has 6 rings (SSSR count). The Bertz CT molecular complexity index is 2070. The van der Waals surface area contributed by atoms with Crippen molar-refractivity contribution in [2.24, 2.45) is 0 Å². The first-order valence-corrected chi connectivity index (χ1v) is 16.7. The van der Waals surface area contributed by atoms with Crippen molar-refractivity contribution in [3.63, 3.8) is 0 Å². The minimum Gasteiger partial charge on any atom is -0.344 e. The van der Waals surface area contributed by atoms with Gasteiger partial charge in [-0.3, -0.25) is 14.4 Å². The molecule has 0 unspecified atom stereocenters. The molecule has 0 spiro atoms. The van der Waals surface area contributed by atoms with Gasteiger partial charge in [0.05, 0.1) is 18.0 Å². The first kappa shape index (κ1) is 31.9. The SMILES string of the molecule is CC1=[N+]=C(C)C(c2cc(C3(CC(=O)c4ccccc4CNC(=O)C(=O)N[C@@H](C)C#Cc4nccs4)CC3)cc3ccccc23)=C(C)C1. The number of fused-ring (bicyclic) bond motifs is 1. The Labute approximate surface area is 279 Å². The fraction of sp³-hybridized carbons (Fsp3) is 0.282. The van der Waals surface area contributed by atoms with Gasteiger partial charge >= 0.3 is 17.5 Å². The molecule has 1 aromatic heterocycles. The van der Waals surface area contributed by atoms with Crippen LogP contribution in [0.1, 0.15) is 85.4 Å². The summed E-state index contributed by atoms with van der Waals surface area (Å²) in [5.41, 5.74) is 7.98. The molecule has 2 N–H and O–H groups in total. The molecule has 236 valence electrons. The average molecular weight is 642 g/mol. The van der Waals surface area contributed by atoms with Crippen molar-refractivity contribution >= 4 is 56.7 Å². The van der Waals surface area contributed by atoms with Gasteiger partial charge in [0.2, 0.25) is 0 Å². The van der Waals surface area contributed by atoms with Gasteiger partial charge in [-0.2, -0.15) is 0 Å². The number of nitrogens with one attached hydrogen (secondary N) is 2. The molecule has 0 radical (unpaired) electrons. The number of allylic oxidation sites excluding steroid dienone is 2. The second-order valence-electron chi connectivity index (χ2n) is 12.5. The molecule has 1 aliphatic carbocycles. The number of benzene rings is 3. The van der Waals surface area contributed by atoms with Gasteiger partial charge in [-0.1, -0.05) is 65.2 Å². The number of nitrogens with zero attached hydrogens (tertiary/aromatic N) is 2. The van der Waals surface area contributed by atoms with E-state index in [4.69, 9.17) is 4.67 Å². The Kier molecular flexibility index (Phi) is 9.04. The Balaban J connectivity index is 1.19. The Morgan fingerprint density at radius 1 is 1.02 bits per heavy atom. The normalized spacial score (nSPS) is 15.6. The zero-order valence-electron chi connectivity index (χ0n) is 27.1. The average Bonchev–Trinajstić information content (AvgIpc) is 3.64. The van der Waals surface area contributed by atoms with E-state index >= 15 is 0 Å². The molecule has 2 aliphatic rings. The maximum absolute atomic E-state index is 13.9. The van der Waals surface area contributed by atoms with Crippen molar-refractivity contribution in [1.29, 1.82) is 0 Å². The summed E-state index contributed by atoms with van der Waals surface area (Å²) in [4.78, 5) is 43.2. The zero-order chi connectivity index (χ0) is 33.1. The molecule has 7 nitrogen and oxygen atoms in total. The zero-order valence-corrected chi connectivity index (χ0v) is 27.9. The second kappa shape index (κ2) is 13.3. The first-order valence-electron chi connectivity index (χ1n) is 15.9. The van der Waals surface area contributed by atoms with Crippen LogP contribution in [0, 0.1) is 11.8 Å². The molecular formula is C39H37N4O3S+. The van der Waals surface area contributed by atoms with Gasteiger partial charge < -0.3 is 10.6 Å². The number of aromatic nitrogens is 1. The maximum atomic E-state index is 13.9. The summed E-state index contributed by atoms with van der Waals surface area (Å²) in [6.45, 7) is 8.10. The van der Waals surface area contributed by atoms with Gasteiger partial charge in [-0.05, 0) is 71.7 Å². The van der Waals surface area contributed by atoms with E-state index < -0.39 is 17.9 Å². The highest BCUT2D eigenvalue weighted by molar-refractivity contribution is 7.10. The minimum atomic E-state index is -0.782. The largest absolute Gasteiger partial charge is 0.344 e. The molecule has 3 aromatic carbocycles. The number of Topliss-reactive ketones (excluding diaryl/α,β-unsaturated/α-hetero) is 1. The van der Waals surface area contributed by atoms with Crippen molar-refractivity contribution in [2.45, 2.75) is 71.4 Å². The Morgan fingerprint density at radius 3 is 2.53 bits per heavy atom. The molecule has 1 saturated carbocycles. The minimum absolute atomic E-state index is 0.0219. The van der Waals surface area contributed by atoms with E-state index in [2.05, 4.69) is 84.6 Å². The van der Waals surface area contributed by atoms with Crippen LogP contribution in [0.15, 0.2) is 77.8 Å². The fourth-order valence-electron chi connectivity index (χ4n) is 6.49. The van der Waals surface area contributed by atoms with Gasteiger partial charge in [0, 0.05) is 49.4 Å². The number of amides is 2. The predicted molar refractivity (Wildman–Crippen MR) is 189 cm³/mol. The van der Waals surface area contributed by atoms with Gasteiger partial charge in [-0.15, -0.1) is 11.3 Å². The van der Waals surface area contributed by atoms with E-state index in [0.717, 1.165) is 36.1 Å². The van der Waals surface area contributed by atoms with Crippen LogP contribution in [0.25, 0.3) is 16.3 Å². The van der Waals surface area contributed by atoms with Crippen molar-refractivity contribution in [3.8, 4) is 11.8 Å². The Morgan fingerprint density at radius 2 is 1.79 bits per heavy atom. The number of carbonyl (C=O) groups is 3. The van der Waals surface area contributed by atoms with Crippen LogP contribution in [-0.2, 0) is 21.5 Å². The van der Waals surface area contributed by atoms with E-state index in [1.807, 2.05) is 23.6 Å². The fourth-order valence-corrected chi connectivity index (χ4v) is 6.98. The molecule has 2 amide bonds. The lowest BCUT2D eigenvalue weighted by Gasteiger charge is -2.20. The molecule has 1 fully saturated rings. The van der Waals surface area contributed by atoms with Gasteiger partial charge in [0.25, 0.3) is 5.71 Å². The van der Waals surface area contributed by atoms with E-state index in [-0.39, 0.29) is 17.7 Å². The highest BCUT2D eigenvalue weighted by Crippen LogP contribution is 2.53. The summed E-state index contributed by atoms with van der Waals surface area (Å²) in [6, 6.07) is 19.7. The van der Waals surface area contributed by atoms with Crippen LogP contribution >= 0.6 is 11.3 Å². The van der Waals surface area contributed by atoms with Gasteiger partial charge in [0.15, 0.2) is 10.8 Å². The van der Waals surface area contributed by atoms with Crippen LogP contribution in [-0.4, -0.2) is 40.0 Å². The van der Waals surface area contributed by atoms with Crippen molar-refractivity contribution < 1.29 is 14.4 Å². The Hall–Kier alpha value is -5.09. The summed E-state index contributed by atoms with van der Waals surface area (Å²) in [5.74, 6) is 4.22. The van der Waals surface area contributed by atoms with Crippen LogP contribution in [0.5, 0.6) is 0 Å². The number of rotatable bonds is 8. The van der Waals surface area contributed by atoms with E-state index in [9.17, 15) is 14.4 Å². The third kappa shape index (κ3) is 7.02. The van der Waals surface area contributed by atoms with Gasteiger partial charge in [0.1, 0.15) is 0 Å². The number of hydrogen-bond acceptors (Lipinski definition) is 5. The van der Waals surface area contributed by atoms with Crippen molar-refractivity contribution in [3.05, 3.63) is 105 Å². The lowest BCUT2D eigenvalue weighted by Crippen LogP contribution is -2.43. The van der Waals surface area contributed by atoms with Crippen LogP contribution in [0.3, 0.4) is 0 Å².